The number of hydrogen-bond acceptors (Lipinski definition) is 4. The molecule has 1 aromatic carbocycles. The minimum absolute atomic E-state index is 0.185. The number of nitrogens with zero attached hydrogens (tertiary/aromatic N) is 1. The molecule has 0 radical (unpaired) electrons. The van der Waals surface area contributed by atoms with E-state index in [-0.39, 0.29) is 17.2 Å². The van der Waals surface area contributed by atoms with E-state index >= 15 is 0 Å². The molecule has 0 saturated carbocycles. The first kappa shape index (κ1) is 14.3. The van der Waals surface area contributed by atoms with Crippen LogP contribution in [0.25, 0.3) is 0 Å². The molecule has 0 heterocycles. The molecule has 0 aliphatic heterocycles. The molecule has 0 unspecified atom stereocenters. The van der Waals surface area contributed by atoms with Crippen molar-refractivity contribution in [2.24, 2.45) is 5.92 Å². The molecule has 1 aromatic rings. The average Bonchev–Trinajstić information content (AvgIpc) is 2.29. The summed E-state index contributed by atoms with van der Waals surface area (Å²) in [6.07, 6.45) is 0. The zero-order chi connectivity index (χ0) is 13.8. The smallest absolute Gasteiger partial charge is 0.299 e. The van der Waals surface area contributed by atoms with E-state index in [1.54, 1.807) is 0 Å². The van der Waals surface area contributed by atoms with Crippen molar-refractivity contribution in [2.45, 2.75) is 13.8 Å². The second-order valence-corrected chi connectivity index (χ2v) is 5.76. The number of nitrogens with one attached hydrogen (secondary N) is 2. The standard InChI is InChI=1S/C11H16N4O2S/c1-8(2)7-14-18(16,17)15-11-4-3-10(13)5-9(11)6-12/h3-5,8,14-15H,7,13H2,1-2H3. The van der Waals surface area contributed by atoms with Gasteiger partial charge in [0, 0.05) is 12.2 Å². The fourth-order valence-electron chi connectivity index (χ4n) is 1.20. The Morgan fingerprint density at radius 2 is 2.11 bits per heavy atom. The summed E-state index contributed by atoms with van der Waals surface area (Å²) >= 11 is 0. The highest BCUT2D eigenvalue weighted by Gasteiger charge is 2.12. The molecule has 0 aliphatic carbocycles. The number of nitrogens with two attached hydrogens (primary N) is 1. The average molecular weight is 268 g/mol. The summed E-state index contributed by atoms with van der Waals surface area (Å²) in [7, 11) is -3.67. The van der Waals surface area contributed by atoms with E-state index in [1.165, 1.54) is 18.2 Å². The first-order valence-electron chi connectivity index (χ1n) is 5.41. The summed E-state index contributed by atoms with van der Waals surface area (Å²) in [6.45, 7) is 4.12. The third-order valence-electron chi connectivity index (χ3n) is 2.09. The Balaban J connectivity index is 2.88. The summed E-state index contributed by atoms with van der Waals surface area (Å²) in [5, 5.41) is 8.90. The third kappa shape index (κ3) is 4.24. The Morgan fingerprint density at radius 3 is 2.67 bits per heavy atom. The summed E-state index contributed by atoms with van der Waals surface area (Å²) < 4.78 is 28.1. The van der Waals surface area contributed by atoms with Crippen molar-refractivity contribution in [3.05, 3.63) is 23.8 Å². The monoisotopic (exact) mass is 268 g/mol. The molecule has 18 heavy (non-hydrogen) atoms. The van der Waals surface area contributed by atoms with Gasteiger partial charge in [0.25, 0.3) is 10.2 Å². The van der Waals surface area contributed by atoms with Gasteiger partial charge in [0.1, 0.15) is 6.07 Å². The lowest BCUT2D eigenvalue weighted by Crippen LogP contribution is -2.33. The lowest BCUT2D eigenvalue weighted by atomic mass is 10.2. The van der Waals surface area contributed by atoms with Gasteiger partial charge >= 0.3 is 0 Å². The third-order valence-corrected chi connectivity index (χ3v) is 3.13. The van der Waals surface area contributed by atoms with Gasteiger partial charge in [-0.1, -0.05) is 13.8 Å². The minimum atomic E-state index is -3.67. The predicted molar refractivity (Wildman–Crippen MR) is 71.0 cm³/mol. The van der Waals surface area contributed by atoms with Gasteiger partial charge in [0.15, 0.2) is 0 Å². The van der Waals surface area contributed by atoms with Crippen LogP contribution in [-0.2, 0) is 10.2 Å². The van der Waals surface area contributed by atoms with Crippen LogP contribution in [0.1, 0.15) is 19.4 Å². The van der Waals surface area contributed by atoms with Crippen LogP contribution in [0.15, 0.2) is 18.2 Å². The molecule has 6 nitrogen and oxygen atoms in total. The molecular weight excluding hydrogens is 252 g/mol. The quantitative estimate of drug-likeness (QED) is 0.693. The van der Waals surface area contributed by atoms with Gasteiger partial charge in [-0.05, 0) is 24.1 Å². The molecule has 1 rings (SSSR count). The minimum Gasteiger partial charge on any atom is -0.399 e. The highest BCUT2D eigenvalue weighted by Crippen LogP contribution is 2.18. The van der Waals surface area contributed by atoms with E-state index in [4.69, 9.17) is 11.0 Å². The SMILES string of the molecule is CC(C)CNS(=O)(=O)Nc1ccc(N)cc1C#N. The van der Waals surface area contributed by atoms with E-state index < -0.39 is 10.2 Å². The fourth-order valence-corrected chi connectivity index (χ4v) is 2.29. The maximum Gasteiger partial charge on any atom is 0.299 e. The molecule has 0 saturated heterocycles. The number of anilines is 2. The van der Waals surface area contributed by atoms with Crippen molar-refractivity contribution in [1.82, 2.24) is 4.72 Å². The van der Waals surface area contributed by atoms with Gasteiger partial charge in [-0.25, -0.2) is 0 Å². The van der Waals surface area contributed by atoms with Gasteiger partial charge in [0.05, 0.1) is 11.3 Å². The second kappa shape index (κ2) is 5.71. The van der Waals surface area contributed by atoms with Gasteiger partial charge in [-0.15, -0.1) is 0 Å². The van der Waals surface area contributed by atoms with Gasteiger partial charge in [0.2, 0.25) is 0 Å². The van der Waals surface area contributed by atoms with E-state index in [9.17, 15) is 8.42 Å². The molecule has 0 fully saturated rings. The fraction of sp³-hybridized carbons (Fsp3) is 0.364. The highest BCUT2D eigenvalue weighted by atomic mass is 32.2. The summed E-state index contributed by atoms with van der Waals surface area (Å²) in [4.78, 5) is 0. The van der Waals surface area contributed by atoms with Gasteiger partial charge < -0.3 is 5.73 Å². The molecule has 7 heteroatoms. The predicted octanol–water partition coefficient (Wildman–Crippen LogP) is 1.04. The topological polar surface area (TPSA) is 108 Å². The lowest BCUT2D eigenvalue weighted by Gasteiger charge is -2.12. The lowest BCUT2D eigenvalue weighted by molar-refractivity contribution is 0.565. The molecule has 98 valence electrons. The maximum atomic E-state index is 11.7. The Bertz CT molecular complexity index is 561. The number of benzene rings is 1. The molecule has 0 bridgehead atoms. The van der Waals surface area contributed by atoms with Crippen LogP contribution in [0.3, 0.4) is 0 Å². The molecule has 0 aromatic heterocycles. The van der Waals surface area contributed by atoms with Crippen LogP contribution < -0.4 is 15.2 Å². The zero-order valence-electron chi connectivity index (χ0n) is 10.3. The number of hydrogen-bond donors (Lipinski definition) is 3. The van der Waals surface area contributed by atoms with Crippen molar-refractivity contribution in [2.75, 3.05) is 17.0 Å². The van der Waals surface area contributed by atoms with Crippen LogP contribution in [0.4, 0.5) is 11.4 Å². The highest BCUT2D eigenvalue weighted by molar-refractivity contribution is 7.90. The van der Waals surface area contributed by atoms with Crippen molar-refractivity contribution in [3.8, 4) is 6.07 Å². The van der Waals surface area contributed by atoms with Crippen molar-refractivity contribution in [1.29, 1.82) is 5.26 Å². The maximum absolute atomic E-state index is 11.7. The van der Waals surface area contributed by atoms with E-state index in [0.717, 1.165) is 0 Å². The molecular formula is C11H16N4O2S. The first-order valence-corrected chi connectivity index (χ1v) is 6.89. The van der Waals surface area contributed by atoms with Crippen molar-refractivity contribution >= 4 is 21.6 Å². The van der Waals surface area contributed by atoms with Crippen molar-refractivity contribution in [3.63, 3.8) is 0 Å². The van der Waals surface area contributed by atoms with Crippen LogP contribution >= 0.6 is 0 Å². The van der Waals surface area contributed by atoms with E-state index in [2.05, 4.69) is 9.44 Å². The first-order chi connectivity index (χ1) is 8.34. The van der Waals surface area contributed by atoms with Crippen LogP contribution in [-0.4, -0.2) is 15.0 Å². The van der Waals surface area contributed by atoms with Gasteiger partial charge in [-0.3, -0.25) is 4.72 Å². The summed E-state index contributed by atoms with van der Waals surface area (Å²) in [6, 6.07) is 6.30. The number of nitrogen functional groups attached to an aromatic ring is 1. The van der Waals surface area contributed by atoms with Crippen molar-refractivity contribution < 1.29 is 8.42 Å². The summed E-state index contributed by atoms with van der Waals surface area (Å²) in [5.74, 6) is 0.198. The summed E-state index contributed by atoms with van der Waals surface area (Å²) in [5.41, 5.74) is 6.32. The number of nitriles is 1. The Hall–Kier alpha value is -1.78. The Kier molecular flexibility index (Phi) is 4.53. The largest absolute Gasteiger partial charge is 0.399 e. The van der Waals surface area contributed by atoms with E-state index in [1.807, 2.05) is 19.9 Å². The van der Waals surface area contributed by atoms with Crippen LogP contribution in [0, 0.1) is 17.2 Å². The van der Waals surface area contributed by atoms with Gasteiger partial charge in [-0.2, -0.15) is 18.4 Å². The van der Waals surface area contributed by atoms with E-state index in [0.29, 0.717) is 12.2 Å². The molecule has 0 amide bonds. The van der Waals surface area contributed by atoms with Crippen LogP contribution in [0.5, 0.6) is 0 Å². The molecule has 0 spiro atoms. The van der Waals surface area contributed by atoms with Crippen LogP contribution in [0.2, 0.25) is 0 Å². The Morgan fingerprint density at radius 1 is 1.44 bits per heavy atom. The zero-order valence-corrected chi connectivity index (χ0v) is 11.1. The molecule has 0 atom stereocenters. The molecule has 4 N–H and O–H groups in total. The number of rotatable bonds is 5. The normalized spacial score (nSPS) is 11.2. The molecule has 0 aliphatic rings. The second-order valence-electron chi connectivity index (χ2n) is 4.26. The Labute approximate surface area is 107 Å².